The Morgan fingerprint density at radius 3 is 2.41 bits per heavy atom. The summed E-state index contributed by atoms with van der Waals surface area (Å²) >= 11 is 3.49. The topological polar surface area (TPSA) is 44.3 Å². The van der Waals surface area contributed by atoms with Crippen LogP contribution in [0.4, 0.5) is 11.8 Å². The summed E-state index contributed by atoms with van der Waals surface area (Å²) < 4.78 is 0.942. The first kappa shape index (κ1) is 12.6. The Morgan fingerprint density at radius 1 is 1.18 bits per heavy atom. The van der Waals surface area contributed by atoms with Gasteiger partial charge < -0.3 is 15.1 Å². The predicted molar refractivity (Wildman–Crippen MR) is 73.7 cm³/mol. The molecule has 17 heavy (non-hydrogen) atoms. The quantitative estimate of drug-likeness (QED) is 0.893. The molecule has 2 heterocycles. The standard InChI is InChI=1S/C11H18BrN5/c1-8-9(12)10(13-2)15-11(14-8)17-6-4-16(3)5-7-17/h4-7H2,1-3H3,(H,13,14,15). The van der Waals surface area contributed by atoms with E-state index in [0.717, 1.165) is 48.1 Å². The van der Waals surface area contributed by atoms with Crippen LogP contribution in [0.2, 0.25) is 0 Å². The van der Waals surface area contributed by atoms with Gasteiger partial charge >= 0.3 is 0 Å². The summed E-state index contributed by atoms with van der Waals surface area (Å²) in [4.78, 5) is 13.6. The Labute approximate surface area is 110 Å². The maximum absolute atomic E-state index is 4.54. The van der Waals surface area contributed by atoms with Crippen LogP contribution in [0.5, 0.6) is 0 Å². The van der Waals surface area contributed by atoms with Crippen LogP contribution in [0.3, 0.4) is 0 Å². The molecule has 0 atom stereocenters. The van der Waals surface area contributed by atoms with E-state index in [0.29, 0.717) is 0 Å². The van der Waals surface area contributed by atoms with E-state index in [1.807, 2.05) is 14.0 Å². The lowest BCUT2D eigenvalue weighted by Gasteiger charge is -2.32. The zero-order chi connectivity index (χ0) is 12.4. The minimum Gasteiger partial charge on any atom is -0.372 e. The Kier molecular flexibility index (Phi) is 3.83. The molecule has 5 nitrogen and oxygen atoms in total. The molecule has 0 saturated carbocycles. The third-order valence-electron chi connectivity index (χ3n) is 3.03. The molecule has 0 amide bonds. The van der Waals surface area contributed by atoms with E-state index in [2.05, 4.69) is 48.1 Å². The molecular formula is C11H18BrN5. The molecule has 1 aliphatic rings. The molecule has 0 aliphatic carbocycles. The second-order valence-electron chi connectivity index (χ2n) is 4.31. The van der Waals surface area contributed by atoms with Crippen molar-refractivity contribution in [3.63, 3.8) is 0 Å². The molecule has 1 saturated heterocycles. The van der Waals surface area contributed by atoms with Crippen molar-refractivity contribution in [1.29, 1.82) is 0 Å². The highest BCUT2D eigenvalue weighted by Crippen LogP contribution is 2.25. The van der Waals surface area contributed by atoms with E-state index < -0.39 is 0 Å². The molecule has 1 aromatic rings. The molecule has 1 N–H and O–H groups in total. The summed E-state index contributed by atoms with van der Waals surface area (Å²) in [5.41, 5.74) is 0.971. The van der Waals surface area contributed by atoms with Crippen LogP contribution >= 0.6 is 15.9 Å². The summed E-state index contributed by atoms with van der Waals surface area (Å²) in [7, 11) is 4.02. The van der Waals surface area contributed by atoms with Gasteiger partial charge in [0.15, 0.2) is 0 Å². The highest BCUT2D eigenvalue weighted by atomic mass is 79.9. The van der Waals surface area contributed by atoms with Gasteiger partial charge in [0.25, 0.3) is 0 Å². The molecular weight excluding hydrogens is 282 g/mol. The van der Waals surface area contributed by atoms with Crippen LogP contribution in [0, 0.1) is 6.92 Å². The van der Waals surface area contributed by atoms with Crippen molar-refractivity contribution in [1.82, 2.24) is 14.9 Å². The van der Waals surface area contributed by atoms with Crippen molar-refractivity contribution in [2.24, 2.45) is 0 Å². The number of halogens is 1. The largest absolute Gasteiger partial charge is 0.372 e. The van der Waals surface area contributed by atoms with Crippen LogP contribution < -0.4 is 10.2 Å². The van der Waals surface area contributed by atoms with Crippen molar-refractivity contribution in [2.75, 3.05) is 50.5 Å². The molecule has 1 aliphatic heterocycles. The Balaban J connectivity index is 2.24. The minimum atomic E-state index is 0.822. The second kappa shape index (κ2) is 5.18. The van der Waals surface area contributed by atoms with Crippen LogP contribution in [0.25, 0.3) is 0 Å². The van der Waals surface area contributed by atoms with E-state index in [9.17, 15) is 0 Å². The number of likely N-dealkylation sites (N-methyl/N-ethyl adjacent to an activating group) is 1. The first-order valence-electron chi connectivity index (χ1n) is 5.77. The molecule has 2 rings (SSSR count). The zero-order valence-electron chi connectivity index (χ0n) is 10.5. The molecule has 0 bridgehead atoms. The van der Waals surface area contributed by atoms with Gasteiger partial charge in [-0.25, -0.2) is 4.98 Å². The predicted octanol–water partition coefficient (Wildman–Crippen LogP) is 1.34. The van der Waals surface area contributed by atoms with Crippen molar-refractivity contribution >= 4 is 27.7 Å². The number of aromatic nitrogens is 2. The van der Waals surface area contributed by atoms with Gasteiger partial charge in [0.05, 0.1) is 10.2 Å². The van der Waals surface area contributed by atoms with E-state index in [1.54, 1.807) is 0 Å². The monoisotopic (exact) mass is 299 g/mol. The number of nitrogens with zero attached hydrogens (tertiary/aromatic N) is 4. The summed E-state index contributed by atoms with van der Waals surface area (Å²) in [5.74, 6) is 1.68. The highest BCUT2D eigenvalue weighted by Gasteiger charge is 2.18. The smallest absolute Gasteiger partial charge is 0.227 e. The first-order valence-corrected chi connectivity index (χ1v) is 6.56. The van der Waals surface area contributed by atoms with Gasteiger partial charge in [0, 0.05) is 33.2 Å². The molecule has 1 aromatic heterocycles. The molecule has 0 spiro atoms. The Morgan fingerprint density at radius 2 is 1.82 bits per heavy atom. The van der Waals surface area contributed by atoms with Gasteiger partial charge in [0.1, 0.15) is 5.82 Å². The molecule has 0 radical (unpaired) electrons. The number of anilines is 2. The summed E-state index contributed by atoms with van der Waals surface area (Å²) in [6, 6.07) is 0. The fourth-order valence-corrected chi connectivity index (χ4v) is 2.23. The molecule has 94 valence electrons. The highest BCUT2D eigenvalue weighted by molar-refractivity contribution is 9.10. The molecule has 0 aromatic carbocycles. The summed E-state index contributed by atoms with van der Waals surface area (Å²) in [5, 5.41) is 3.09. The van der Waals surface area contributed by atoms with E-state index in [1.165, 1.54) is 0 Å². The third kappa shape index (κ3) is 2.69. The average molecular weight is 300 g/mol. The first-order chi connectivity index (χ1) is 8.11. The lowest BCUT2D eigenvalue weighted by atomic mass is 10.3. The lowest BCUT2D eigenvalue weighted by molar-refractivity contribution is 0.311. The van der Waals surface area contributed by atoms with Gasteiger partial charge in [-0.3, -0.25) is 0 Å². The maximum Gasteiger partial charge on any atom is 0.227 e. The number of aryl methyl sites for hydroxylation is 1. The minimum absolute atomic E-state index is 0.822. The van der Waals surface area contributed by atoms with Crippen molar-refractivity contribution in [3.05, 3.63) is 10.2 Å². The number of nitrogens with one attached hydrogen (secondary N) is 1. The fourth-order valence-electron chi connectivity index (χ4n) is 1.86. The van der Waals surface area contributed by atoms with Crippen molar-refractivity contribution < 1.29 is 0 Å². The number of rotatable bonds is 2. The van der Waals surface area contributed by atoms with Crippen LogP contribution in [0.15, 0.2) is 4.47 Å². The summed E-state index contributed by atoms with van der Waals surface area (Å²) in [6.07, 6.45) is 0. The maximum atomic E-state index is 4.54. The number of piperazine rings is 1. The van der Waals surface area contributed by atoms with Crippen molar-refractivity contribution in [3.8, 4) is 0 Å². The summed E-state index contributed by atoms with van der Waals surface area (Å²) in [6.45, 7) is 6.09. The van der Waals surface area contributed by atoms with E-state index in [-0.39, 0.29) is 0 Å². The molecule has 0 unspecified atom stereocenters. The molecule has 1 fully saturated rings. The number of hydrogen-bond acceptors (Lipinski definition) is 5. The molecule has 6 heteroatoms. The lowest BCUT2D eigenvalue weighted by Crippen LogP contribution is -2.45. The van der Waals surface area contributed by atoms with E-state index in [4.69, 9.17) is 0 Å². The second-order valence-corrected chi connectivity index (χ2v) is 5.10. The average Bonchev–Trinajstić information content (AvgIpc) is 2.33. The van der Waals surface area contributed by atoms with Crippen molar-refractivity contribution in [2.45, 2.75) is 6.92 Å². The van der Waals surface area contributed by atoms with E-state index >= 15 is 0 Å². The third-order valence-corrected chi connectivity index (χ3v) is 3.98. The van der Waals surface area contributed by atoms with Gasteiger partial charge in [-0.05, 0) is 29.9 Å². The Hall–Kier alpha value is -0.880. The van der Waals surface area contributed by atoms with Crippen LogP contribution in [0.1, 0.15) is 5.69 Å². The Bertz CT molecular complexity index is 401. The van der Waals surface area contributed by atoms with Crippen LogP contribution in [-0.2, 0) is 0 Å². The van der Waals surface area contributed by atoms with Gasteiger partial charge in [-0.1, -0.05) is 0 Å². The zero-order valence-corrected chi connectivity index (χ0v) is 12.1. The normalized spacial score (nSPS) is 17.3. The van der Waals surface area contributed by atoms with Gasteiger partial charge in [-0.2, -0.15) is 4.98 Å². The van der Waals surface area contributed by atoms with Gasteiger partial charge in [-0.15, -0.1) is 0 Å². The van der Waals surface area contributed by atoms with Gasteiger partial charge in [0.2, 0.25) is 5.95 Å². The SMILES string of the molecule is CNc1nc(N2CCN(C)CC2)nc(C)c1Br. The fraction of sp³-hybridized carbons (Fsp3) is 0.636. The van der Waals surface area contributed by atoms with Crippen LogP contribution in [-0.4, -0.2) is 55.1 Å². The number of hydrogen-bond donors (Lipinski definition) is 1.